The molecule has 4 nitrogen and oxygen atoms in total. The van der Waals surface area contributed by atoms with Crippen LogP contribution < -0.4 is 5.32 Å². The molecule has 1 aromatic rings. The van der Waals surface area contributed by atoms with Crippen LogP contribution in [0.4, 0.5) is 0 Å². The van der Waals surface area contributed by atoms with Crippen LogP contribution in [-0.2, 0) is 13.1 Å². The molecule has 0 bridgehead atoms. The summed E-state index contributed by atoms with van der Waals surface area (Å²) in [6.45, 7) is 5.88. The highest BCUT2D eigenvalue weighted by molar-refractivity contribution is 4.98. The zero-order valence-electron chi connectivity index (χ0n) is 12.4. The summed E-state index contributed by atoms with van der Waals surface area (Å²) in [6.07, 6.45) is 12.6. The highest BCUT2D eigenvalue weighted by atomic mass is 15.2. The Bertz CT molecular complexity index is 451. The average molecular weight is 274 g/mol. The molecule has 20 heavy (non-hydrogen) atoms. The number of aromatic nitrogens is 2. The molecule has 0 aromatic carbocycles. The number of rotatable bonds is 1. The predicted octanol–water partition coefficient (Wildman–Crippen LogP) is 2.01. The van der Waals surface area contributed by atoms with E-state index in [9.17, 15) is 0 Å². The van der Waals surface area contributed by atoms with Gasteiger partial charge in [-0.25, -0.2) is 4.98 Å². The van der Waals surface area contributed by atoms with E-state index in [0.29, 0.717) is 5.41 Å². The van der Waals surface area contributed by atoms with Crippen molar-refractivity contribution < 1.29 is 0 Å². The molecule has 1 saturated heterocycles. The molecule has 3 aliphatic rings. The predicted molar refractivity (Wildman–Crippen MR) is 79.4 cm³/mol. The van der Waals surface area contributed by atoms with E-state index in [1.165, 1.54) is 64.0 Å². The number of fused-ring (bicyclic) bond motifs is 1. The largest absolute Gasteiger partial charge is 0.333 e. The van der Waals surface area contributed by atoms with Gasteiger partial charge in [0, 0.05) is 31.5 Å². The lowest BCUT2D eigenvalue weighted by atomic mass is 9.67. The van der Waals surface area contributed by atoms with Crippen LogP contribution in [0.25, 0.3) is 0 Å². The van der Waals surface area contributed by atoms with Crippen LogP contribution in [0.5, 0.6) is 0 Å². The van der Waals surface area contributed by atoms with Gasteiger partial charge in [0.25, 0.3) is 0 Å². The van der Waals surface area contributed by atoms with Gasteiger partial charge in [-0.3, -0.25) is 4.90 Å². The summed E-state index contributed by atoms with van der Waals surface area (Å²) in [5.41, 5.74) is 0.690. The number of hydrogen-bond acceptors (Lipinski definition) is 3. The van der Waals surface area contributed by atoms with Gasteiger partial charge in [0.1, 0.15) is 5.82 Å². The second kappa shape index (κ2) is 5.15. The van der Waals surface area contributed by atoms with Crippen LogP contribution in [-0.4, -0.2) is 40.1 Å². The maximum absolute atomic E-state index is 4.50. The Kier molecular flexibility index (Phi) is 3.31. The van der Waals surface area contributed by atoms with Gasteiger partial charge < -0.3 is 9.88 Å². The van der Waals surface area contributed by atoms with Gasteiger partial charge >= 0.3 is 0 Å². The molecular weight excluding hydrogens is 248 g/mol. The fourth-order valence-electron chi connectivity index (χ4n) is 4.54. The zero-order valence-corrected chi connectivity index (χ0v) is 12.4. The number of piperidine rings is 1. The SMILES string of the molecule is c1cn2c(n1)CN(C1CCC3(CCNCC3)CC1)CC2. The van der Waals surface area contributed by atoms with Gasteiger partial charge in [-0.15, -0.1) is 0 Å². The summed E-state index contributed by atoms with van der Waals surface area (Å²) in [7, 11) is 0. The Hall–Kier alpha value is -0.870. The molecule has 2 fully saturated rings. The molecule has 110 valence electrons. The normalized spacial score (nSPS) is 27.6. The molecule has 0 radical (unpaired) electrons. The van der Waals surface area contributed by atoms with Gasteiger partial charge in [0.2, 0.25) is 0 Å². The van der Waals surface area contributed by atoms with Gasteiger partial charge in [-0.2, -0.15) is 0 Å². The summed E-state index contributed by atoms with van der Waals surface area (Å²) in [6, 6.07) is 0.806. The molecule has 4 rings (SSSR count). The van der Waals surface area contributed by atoms with Crippen molar-refractivity contribution in [3.63, 3.8) is 0 Å². The van der Waals surface area contributed by atoms with Crippen molar-refractivity contribution in [2.45, 2.75) is 57.7 Å². The first-order valence-electron chi connectivity index (χ1n) is 8.30. The van der Waals surface area contributed by atoms with Crippen molar-refractivity contribution in [2.75, 3.05) is 19.6 Å². The van der Waals surface area contributed by atoms with Crippen LogP contribution in [0.15, 0.2) is 12.4 Å². The number of nitrogens with one attached hydrogen (secondary N) is 1. The fourth-order valence-corrected chi connectivity index (χ4v) is 4.54. The second-order valence-corrected chi connectivity index (χ2v) is 6.99. The molecule has 4 heteroatoms. The number of nitrogens with zero attached hydrogens (tertiary/aromatic N) is 3. The Balaban J connectivity index is 1.38. The highest BCUT2D eigenvalue weighted by Gasteiger charge is 2.38. The van der Waals surface area contributed by atoms with E-state index in [1.54, 1.807) is 0 Å². The van der Waals surface area contributed by atoms with E-state index in [4.69, 9.17) is 0 Å². The first kappa shape index (κ1) is 12.8. The van der Waals surface area contributed by atoms with E-state index in [1.807, 2.05) is 6.20 Å². The molecule has 1 saturated carbocycles. The summed E-state index contributed by atoms with van der Waals surface area (Å²) in [5.74, 6) is 1.26. The molecule has 1 aromatic heterocycles. The molecule has 1 aliphatic carbocycles. The van der Waals surface area contributed by atoms with Gasteiger partial charge in [0.05, 0.1) is 6.54 Å². The lowest BCUT2D eigenvalue weighted by molar-refractivity contribution is 0.0517. The van der Waals surface area contributed by atoms with Crippen molar-refractivity contribution in [1.29, 1.82) is 0 Å². The van der Waals surface area contributed by atoms with Crippen molar-refractivity contribution in [3.05, 3.63) is 18.2 Å². The highest BCUT2D eigenvalue weighted by Crippen LogP contribution is 2.44. The van der Waals surface area contributed by atoms with Crippen LogP contribution >= 0.6 is 0 Å². The molecule has 1 spiro atoms. The Labute approximate surface area is 121 Å². The molecule has 1 N–H and O–H groups in total. The summed E-state index contributed by atoms with van der Waals surface area (Å²) in [4.78, 5) is 7.19. The smallest absolute Gasteiger partial charge is 0.122 e. The Morgan fingerprint density at radius 3 is 2.70 bits per heavy atom. The van der Waals surface area contributed by atoms with E-state index in [-0.39, 0.29) is 0 Å². The zero-order chi connectivity index (χ0) is 13.4. The third kappa shape index (κ3) is 2.29. The minimum absolute atomic E-state index is 0.690. The maximum atomic E-state index is 4.50. The Morgan fingerprint density at radius 2 is 1.90 bits per heavy atom. The van der Waals surface area contributed by atoms with E-state index < -0.39 is 0 Å². The van der Waals surface area contributed by atoms with Crippen molar-refractivity contribution >= 4 is 0 Å². The number of hydrogen-bond donors (Lipinski definition) is 1. The van der Waals surface area contributed by atoms with Crippen LogP contribution in [0, 0.1) is 5.41 Å². The molecular formula is C16H26N4. The van der Waals surface area contributed by atoms with Crippen molar-refractivity contribution in [2.24, 2.45) is 5.41 Å². The third-order valence-electron chi connectivity index (χ3n) is 5.97. The Morgan fingerprint density at radius 1 is 1.10 bits per heavy atom. The lowest BCUT2D eigenvalue weighted by Gasteiger charge is -2.46. The quantitative estimate of drug-likeness (QED) is 0.850. The monoisotopic (exact) mass is 274 g/mol. The molecule has 0 unspecified atom stereocenters. The molecule has 2 aliphatic heterocycles. The minimum Gasteiger partial charge on any atom is -0.333 e. The van der Waals surface area contributed by atoms with Gasteiger partial charge in [-0.1, -0.05) is 0 Å². The summed E-state index contributed by atoms with van der Waals surface area (Å²) >= 11 is 0. The topological polar surface area (TPSA) is 33.1 Å². The van der Waals surface area contributed by atoms with E-state index in [0.717, 1.165) is 19.1 Å². The molecule has 0 atom stereocenters. The lowest BCUT2D eigenvalue weighted by Crippen LogP contribution is -2.46. The molecule has 3 heterocycles. The van der Waals surface area contributed by atoms with E-state index >= 15 is 0 Å². The number of imidazole rings is 1. The first-order valence-corrected chi connectivity index (χ1v) is 8.30. The van der Waals surface area contributed by atoms with Gasteiger partial charge in [0.15, 0.2) is 0 Å². The third-order valence-corrected chi connectivity index (χ3v) is 5.97. The van der Waals surface area contributed by atoms with E-state index in [2.05, 4.69) is 26.0 Å². The fraction of sp³-hybridized carbons (Fsp3) is 0.812. The minimum atomic E-state index is 0.690. The average Bonchev–Trinajstić information content (AvgIpc) is 2.96. The summed E-state index contributed by atoms with van der Waals surface area (Å²) in [5, 5.41) is 3.52. The van der Waals surface area contributed by atoms with Crippen molar-refractivity contribution in [3.8, 4) is 0 Å². The van der Waals surface area contributed by atoms with Crippen molar-refractivity contribution in [1.82, 2.24) is 19.8 Å². The molecule has 0 amide bonds. The van der Waals surface area contributed by atoms with Crippen LogP contribution in [0.1, 0.15) is 44.3 Å². The second-order valence-electron chi connectivity index (χ2n) is 6.99. The summed E-state index contributed by atoms with van der Waals surface area (Å²) < 4.78 is 2.31. The maximum Gasteiger partial charge on any atom is 0.122 e. The standard InChI is InChI=1S/C16H26N4/c1-3-16(5-7-17-8-6-16)4-2-14(1)20-12-11-19-10-9-18-15(19)13-20/h9-10,14,17H,1-8,11-13H2. The van der Waals surface area contributed by atoms with Crippen LogP contribution in [0.2, 0.25) is 0 Å². The first-order chi connectivity index (χ1) is 9.85. The van der Waals surface area contributed by atoms with Crippen LogP contribution in [0.3, 0.4) is 0 Å². The van der Waals surface area contributed by atoms with Gasteiger partial charge in [-0.05, 0) is 57.0 Å².